The molecule has 206 valence electrons. The Hall–Kier alpha value is -3.76. The predicted octanol–water partition coefficient (Wildman–Crippen LogP) is 4.71. The van der Waals surface area contributed by atoms with Gasteiger partial charge in [-0.05, 0) is 82.1 Å². The van der Waals surface area contributed by atoms with Crippen LogP contribution < -0.4 is 10.9 Å². The molecule has 0 radical (unpaired) electrons. The van der Waals surface area contributed by atoms with Gasteiger partial charge in [0.2, 0.25) is 5.95 Å². The Kier molecular flexibility index (Phi) is 7.41. The normalized spacial score (nSPS) is 14.7. The lowest BCUT2D eigenvalue weighted by Gasteiger charge is -2.34. The molecule has 0 bridgehead atoms. The van der Waals surface area contributed by atoms with Crippen molar-refractivity contribution in [1.82, 2.24) is 29.5 Å². The first-order valence-corrected chi connectivity index (χ1v) is 13.9. The Labute approximate surface area is 244 Å². The van der Waals surface area contributed by atoms with E-state index >= 15 is 0 Å². The van der Waals surface area contributed by atoms with E-state index < -0.39 is 0 Å². The van der Waals surface area contributed by atoms with E-state index in [0.29, 0.717) is 34.5 Å². The van der Waals surface area contributed by atoms with Crippen molar-refractivity contribution >= 4 is 39.3 Å². The van der Waals surface area contributed by atoms with Crippen molar-refractivity contribution in [3.05, 3.63) is 102 Å². The third-order valence-electron chi connectivity index (χ3n) is 7.14. The maximum Gasteiger partial charge on any atom is 0.263 e. The van der Waals surface area contributed by atoms with Gasteiger partial charge in [-0.15, -0.1) is 0 Å². The van der Waals surface area contributed by atoms with Gasteiger partial charge in [0.1, 0.15) is 0 Å². The monoisotopic (exact) mass is 622 g/mol. The average Bonchev–Trinajstić information content (AvgIpc) is 3.26. The van der Waals surface area contributed by atoms with E-state index in [9.17, 15) is 14.4 Å². The summed E-state index contributed by atoms with van der Waals surface area (Å²) < 4.78 is 4.02. The van der Waals surface area contributed by atoms with E-state index in [1.165, 1.54) is 11.6 Å². The number of amides is 2. The molecule has 1 N–H and O–H groups in total. The molecule has 5 rings (SSSR count). The Morgan fingerprint density at radius 1 is 1.10 bits per heavy atom. The van der Waals surface area contributed by atoms with Gasteiger partial charge in [0.15, 0.2) is 0 Å². The SMILES string of the molecule is CNC(=O)c1ccc(-n2c(-n3nc(C)cc3C)nc3c(c2=O)C[C@@H](C)N(C(=O)c2ccc(Br)c(C)c2)C3)cc1Cl. The minimum atomic E-state index is -0.328. The molecule has 40 heavy (non-hydrogen) atoms. The van der Waals surface area contributed by atoms with Crippen LogP contribution in [0.2, 0.25) is 5.02 Å². The largest absolute Gasteiger partial charge is 0.355 e. The molecule has 0 saturated heterocycles. The van der Waals surface area contributed by atoms with E-state index in [0.717, 1.165) is 21.4 Å². The van der Waals surface area contributed by atoms with Crippen LogP contribution in [0.25, 0.3) is 11.6 Å². The summed E-state index contributed by atoms with van der Waals surface area (Å²) in [6.45, 7) is 7.80. The van der Waals surface area contributed by atoms with Crippen molar-refractivity contribution in [2.24, 2.45) is 0 Å². The summed E-state index contributed by atoms with van der Waals surface area (Å²) in [6, 6.07) is 12.0. The van der Waals surface area contributed by atoms with Crippen molar-refractivity contribution in [1.29, 1.82) is 0 Å². The minimum Gasteiger partial charge on any atom is -0.355 e. The molecule has 0 saturated carbocycles. The van der Waals surface area contributed by atoms with Crippen molar-refractivity contribution in [3.63, 3.8) is 0 Å². The van der Waals surface area contributed by atoms with Crippen LogP contribution in [0.4, 0.5) is 0 Å². The van der Waals surface area contributed by atoms with Crippen LogP contribution in [0.3, 0.4) is 0 Å². The van der Waals surface area contributed by atoms with Gasteiger partial charge in [-0.3, -0.25) is 14.4 Å². The molecule has 0 fully saturated rings. The molecule has 3 heterocycles. The minimum absolute atomic E-state index is 0.121. The molecular formula is C29H28BrClN6O3. The number of benzene rings is 2. The van der Waals surface area contributed by atoms with Gasteiger partial charge in [0, 0.05) is 34.4 Å². The molecule has 2 amide bonds. The highest BCUT2D eigenvalue weighted by molar-refractivity contribution is 9.10. The van der Waals surface area contributed by atoms with Crippen LogP contribution in [0, 0.1) is 20.8 Å². The van der Waals surface area contributed by atoms with Crippen LogP contribution in [0.1, 0.15) is 55.8 Å². The van der Waals surface area contributed by atoms with Crippen LogP contribution in [0.15, 0.2) is 51.7 Å². The summed E-state index contributed by atoms with van der Waals surface area (Å²) in [4.78, 5) is 46.6. The van der Waals surface area contributed by atoms with Crippen LogP contribution in [0.5, 0.6) is 0 Å². The highest BCUT2D eigenvalue weighted by atomic mass is 79.9. The second kappa shape index (κ2) is 10.7. The number of aromatic nitrogens is 4. The third-order valence-corrected chi connectivity index (χ3v) is 8.35. The van der Waals surface area contributed by atoms with Gasteiger partial charge in [0.25, 0.3) is 17.4 Å². The smallest absolute Gasteiger partial charge is 0.263 e. The average molecular weight is 624 g/mol. The molecular weight excluding hydrogens is 596 g/mol. The first kappa shape index (κ1) is 27.8. The van der Waals surface area contributed by atoms with Crippen molar-refractivity contribution in [2.45, 2.75) is 46.7 Å². The van der Waals surface area contributed by atoms with Crippen LogP contribution in [-0.4, -0.2) is 49.1 Å². The van der Waals surface area contributed by atoms with Crippen LogP contribution in [-0.2, 0) is 13.0 Å². The number of rotatable bonds is 4. The highest BCUT2D eigenvalue weighted by Gasteiger charge is 2.32. The molecule has 4 aromatic rings. The van der Waals surface area contributed by atoms with E-state index in [1.807, 2.05) is 45.9 Å². The maximum absolute atomic E-state index is 14.1. The molecule has 0 unspecified atom stereocenters. The topological polar surface area (TPSA) is 102 Å². The lowest BCUT2D eigenvalue weighted by Crippen LogP contribution is -2.46. The first-order valence-electron chi connectivity index (χ1n) is 12.8. The number of halogens is 2. The fraction of sp³-hybridized carbons (Fsp3) is 0.276. The van der Waals surface area contributed by atoms with Crippen LogP contribution >= 0.6 is 27.5 Å². The zero-order valence-electron chi connectivity index (χ0n) is 22.7. The summed E-state index contributed by atoms with van der Waals surface area (Å²) in [5, 5.41) is 7.35. The van der Waals surface area contributed by atoms with Gasteiger partial charge in [0.05, 0.1) is 34.2 Å². The molecule has 2 aromatic carbocycles. The number of hydrogen-bond acceptors (Lipinski definition) is 5. The Bertz CT molecular complexity index is 1740. The van der Waals surface area contributed by atoms with Gasteiger partial charge >= 0.3 is 0 Å². The quantitative estimate of drug-likeness (QED) is 0.355. The van der Waals surface area contributed by atoms with E-state index in [1.54, 1.807) is 33.8 Å². The Morgan fingerprint density at radius 2 is 1.85 bits per heavy atom. The molecule has 11 heteroatoms. The number of fused-ring (bicyclic) bond motifs is 1. The standard InChI is InChI=1S/C29H28BrClN6O3/c1-15-10-19(6-9-23(15)30)27(39)35-14-25-22(12-17(35)3)28(40)36(29(33-25)37-18(4)11-16(2)34-37)20-7-8-21(24(31)13-20)26(38)32-5/h6-11,13,17H,12,14H2,1-5H3,(H,32,38)/t17-/m1/s1. The molecule has 1 aliphatic rings. The van der Waals surface area contributed by atoms with Gasteiger partial charge in [-0.2, -0.15) is 5.10 Å². The number of carbonyl (C=O) groups is 2. The number of nitrogens with zero attached hydrogens (tertiary/aromatic N) is 5. The molecule has 0 aliphatic carbocycles. The second-order valence-electron chi connectivity index (χ2n) is 10.0. The number of nitrogens with one attached hydrogen (secondary N) is 1. The maximum atomic E-state index is 14.1. The lowest BCUT2D eigenvalue weighted by atomic mass is 9.98. The Morgan fingerprint density at radius 3 is 2.48 bits per heavy atom. The molecule has 0 spiro atoms. The van der Waals surface area contributed by atoms with Crippen molar-refractivity contribution in [2.75, 3.05) is 7.05 Å². The van der Waals surface area contributed by atoms with Crippen molar-refractivity contribution in [3.8, 4) is 11.6 Å². The predicted molar refractivity (Wildman–Crippen MR) is 157 cm³/mol. The molecule has 2 aromatic heterocycles. The fourth-order valence-corrected chi connectivity index (χ4v) is 5.54. The lowest BCUT2D eigenvalue weighted by molar-refractivity contribution is 0.0652. The van der Waals surface area contributed by atoms with Gasteiger partial charge in [-0.25, -0.2) is 14.2 Å². The third kappa shape index (κ3) is 4.86. The molecule has 9 nitrogen and oxygen atoms in total. The fourth-order valence-electron chi connectivity index (χ4n) is 5.03. The van der Waals surface area contributed by atoms with E-state index in [4.69, 9.17) is 16.6 Å². The number of aryl methyl sites for hydroxylation is 3. The Balaban J connectivity index is 1.66. The summed E-state index contributed by atoms with van der Waals surface area (Å²) in [6.07, 6.45) is 0.337. The van der Waals surface area contributed by atoms with Crippen molar-refractivity contribution < 1.29 is 9.59 Å². The highest BCUT2D eigenvalue weighted by Crippen LogP contribution is 2.27. The van der Waals surface area contributed by atoms with Gasteiger partial charge < -0.3 is 10.2 Å². The summed E-state index contributed by atoms with van der Waals surface area (Å²) in [5.74, 6) is -0.172. The zero-order valence-corrected chi connectivity index (χ0v) is 25.1. The first-order chi connectivity index (χ1) is 19.0. The summed E-state index contributed by atoms with van der Waals surface area (Å²) >= 11 is 9.96. The second-order valence-corrected chi connectivity index (χ2v) is 11.3. The van der Waals surface area contributed by atoms with E-state index in [-0.39, 0.29) is 40.9 Å². The summed E-state index contributed by atoms with van der Waals surface area (Å²) in [7, 11) is 1.53. The zero-order chi connectivity index (χ0) is 28.9. The van der Waals surface area contributed by atoms with E-state index in [2.05, 4.69) is 26.3 Å². The van der Waals surface area contributed by atoms with Gasteiger partial charge in [-0.1, -0.05) is 27.5 Å². The molecule has 1 atom stereocenters. The number of hydrogen-bond donors (Lipinski definition) is 1. The summed E-state index contributed by atoms with van der Waals surface area (Å²) in [5.41, 5.74) is 4.63. The molecule has 1 aliphatic heterocycles. The number of carbonyl (C=O) groups excluding carboxylic acids is 2.